The molecule has 0 bridgehead atoms. The van der Waals surface area contributed by atoms with E-state index < -0.39 is 0 Å². The van der Waals surface area contributed by atoms with E-state index >= 15 is 0 Å². The molecule has 16 heavy (non-hydrogen) atoms. The Kier molecular flexibility index (Phi) is 3.44. The molecule has 0 radical (unpaired) electrons. The number of hydrogen-bond donors (Lipinski definition) is 1. The van der Waals surface area contributed by atoms with Gasteiger partial charge >= 0.3 is 0 Å². The molecule has 3 heteroatoms. The van der Waals surface area contributed by atoms with E-state index in [0.717, 1.165) is 30.3 Å². The lowest BCUT2D eigenvalue weighted by molar-refractivity contribution is 0.258. The van der Waals surface area contributed by atoms with E-state index in [2.05, 4.69) is 17.2 Å². The number of hydrogen-bond acceptors (Lipinski definition) is 3. The standard InChI is InChI=1S/C13H20N2O/c1-9-4-12(7-14-9)8-16-13-5-10(2)15-11(3)6-13/h5-6,9,12,14H,4,7-8H2,1-3H3/t9-,12-/m0/s1. The van der Waals surface area contributed by atoms with E-state index in [9.17, 15) is 0 Å². The van der Waals surface area contributed by atoms with Crippen molar-refractivity contribution in [3.63, 3.8) is 0 Å². The van der Waals surface area contributed by atoms with Crippen LogP contribution in [0.1, 0.15) is 24.7 Å². The van der Waals surface area contributed by atoms with Crippen LogP contribution in [0, 0.1) is 19.8 Å². The molecule has 0 saturated carbocycles. The lowest BCUT2D eigenvalue weighted by Gasteiger charge is -2.11. The predicted octanol–water partition coefficient (Wildman–Crippen LogP) is 2.08. The van der Waals surface area contributed by atoms with Gasteiger partial charge in [-0.2, -0.15) is 0 Å². The van der Waals surface area contributed by atoms with E-state index in [4.69, 9.17) is 4.74 Å². The first-order valence-electron chi connectivity index (χ1n) is 5.95. The molecular weight excluding hydrogens is 200 g/mol. The fraction of sp³-hybridized carbons (Fsp3) is 0.615. The van der Waals surface area contributed by atoms with Crippen LogP contribution in [0.15, 0.2) is 12.1 Å². The van der Waals surface area contributed by atoms with Crippen LogP contribution in [0.25, 0.3) is 0 Å². The Labute approximate surface area is 97.2 Å². The largest absolute Gasteiger partial charge is 0.493 e. The molecule has 2 rings (SSSR count). The Balaban J connectivity index is 1.89. The summed E-state index contributed by atoms with van der Waals surface area (Å²) in [6, 6.07) is 4.63. The zero-order valence-corrected chi connectivity index (χ0v) is 10.3. The summed E-state index contributed by atoms with van der Waals surface area (Å²) in [5.74, 6) is 1.59. The van der Waals surface area contributed by atoms with Gasteiger partial charge in [0.15, 0.2) is 0 Å². The summed E-state index contributed by atoms with van der Waals surface area (Å²) in [5, 5.41) is 3.44. The second-order valence-corrected chi connectivity index (χ2v) is 4.81. The number of ether oxygens (including phenoxy) is 1. The number of aromatic nitrogens is 1. The third kappa shape index (κ3) is 2.95. The number of nitrogens with zero attached hydrogens (tertiary/aromatic N) is 1. The molecular formula is C13H20N2O. The van der Waals surface area contributed by atoms with E-state index in [1.165, 1.54) is 6.42 Å². The summed E-state index contributed by atoms with van der Waals surface area (Å²) in [6.45, 7) is 8.10. The number of rotatable bonds is 3. The van der Waals surface area contributed by atoms with Crippen LogP contribution < -0.4 is 10.1 Å². The molecule has 2 atom stereocenters. The van der Waals surface area contributed by atoms with Gasteiger partial charge < -0.3 is 10.1 Å². The quantitative estimate of drug-likeness (QED) is 0.846. The van der Waals surface area contributed by atoms with Gasteiger partial charge in [0, 0.05) is 42.0 Å². The molecule has 1 N–H and O–H groups in total. The fourth-order valence-electron chi connectivity index (χ4n) is 2.26. The van der Waals surface area contributed by atoms with Crippen molar-refractivity contribution < 1.29 is 4.74 Å². The van der Waals surface area contributed by atoms with Gasteiger partial charge in [0.2, 0.25) is 0 Å². The molecule has 1 fully saturated rings. The predicted molar refractivity (Wildman–Crippen MR) is 64.8 cm³/mol. The minimum Gasteiger partial charge on any atom is -0.493 e. The molecule has 1 saturated heterocycles. The van der Waals surface area contributed by atoms with Gasteiger partial charge in [-0.05, 0) is 27.2 Å². The van der Waals surface area contributed by atoms with Crippen molar-refractivity contribution in [1.29, 1.82) is 0 Å². The first kappa shape index (κ1) is 11.4. The zero-order valence-electron chi connectivity index (χ0n) is 10.3. The lowest BCUT2D eigenvalue weighted by atomic mass is 10.1. The highest BCUT2D eigenvalue weighted by Gasteiger charge is 2.20. The minimum atomic E-state index is 0.634. The van der Waals surface area contributed by atoms with Crippen LogP contribution in [-0.4, -0.2) is 24.2 Å². The molecule has 88 valence electrons. The summed E-state index contributed by atoms with van der Waals surface area (Å²) < 4.78 is 5.82. The van der Waals surface area contributed by atoms with Crippen molar-refractivity contribution in [1.82, 2.24) is 10.3 Å². The van der Waals surface area contributed by atoms with Crippen LogP contribution in [0.3, 0.4) is 0 Å². The van der Waals surface area contributed by atoms with Gasteiger partial charge in [0.25, 0.3) is 0 Å². The topological polar surface area (TPSA) is 34.1 Å². The Bertz CT molecular complexity index is 345. The molecule has 1 aliphatic rings. The summed E-state index contributed by atoms with van der Waals surface area (Å²) in [6.07, 6.45) is 1.21. The Morgan fingerprint density at radius 3 is 2.62 bits per heavy atom. The lowest BCUT2D eigenvalue weighted by Crippen LogP contribution is -2.18. The van der Waals surface area contributed by atoms with Crippen LogP contribution in [0.2, 0.25) is 0 Å². The monoisotopic (exact) mass is 220 g/mol. The smallest absolute Gasteiger partial charge is 0.122 e. The van der Waals surface area contributed by atoms with Crippen LogP contribution in [-0.2, 0) is 0 Å². The number of aryl methyl sites for hydroxylation is 2. The molecule has 0 spiro atoms. The van der Waals surface area contributed by atoms with Gasteiger partial charge in [-0.15, -0.1) is 0 Å². The molecule has 3 nitrogen and oxygen atoms in total. The number of pyridine rings is 1. The molecule has 2 heterocycles. The maximum absolute atomic E-state index is 5.82. The van der Waals surface area contributed by atoms with Crippen molar-refractivity contribution in [3.8, 4) is 5.75 Å². The van der Waals surface area contributed by atoms with Crippen molar-refractivity contribution >= 4 is 0 Å². The van der Waals surface area contributed by atoms with Gasteiger partial charge in [-0.25, -0.2) is 0 Å². The first-order chi connectivity index (χ1) is 7.63. The third-order valence-corrected chi connectivity index (χ3v) is 2.98. The van der Waals surface area contributed by atoms with Crippen molar-refractivity contribution in [2.24, 2.45) is 5.92 Å². The van der Waals surface area contributed by atoms with Crippen molar-refractivity contribution in [3.05, 3.63) is 23.5 Å². The molecule has 1 aromatic heterocycles. The highest BCUT2D eigenvalue weighted by atomic mass is 16.5. The van der Waals surface area contributed by atoms with Gasteiger partial charge in [-0.3, -0.25) is 4.98 Å². The molecule has 1 aromatic rings. The molecule has 0 aromatic carbocycles. The summed E-state index contributed by atoms with van der Waals surface area (Å²) in [7, 11) is 0. The normalized spacial score (nSPS) is 24.7. The highest BCUT2D eigenvalue weighted by Crippen LogP contribution is 2.18. The maximum Gasteiger partial charge on any atom is 0.122 e. The second kappa shape index (κ2) is 4.83. The Hall–Kier alpha value is -1.09. The van der Waals surface area contributed by atoms with Crippen molar-refractivity contribution in [2.45, 2.75) is 33.2 Å². The van der Waals surface area contributed by atoms with E-state index in [0.29, 0.717) is 12.0 Å². The Morgan fingerprint density at radius 1 is 1.38 bits per heavy atom. The summed E-state index contributed by atoms with van der Waals surface area (Å²) in [5.41, 5.74) is 2.04. The highest BCUT2D eigenvalue weighted by molar-refractivity contribution is 5.26. The van der Waals surface area contributed by atoms with Crippen molar-refractivity contribution in [2.75, 3.05) is 13.2 Å². The van der Waals surface area contributed by atoms with Gasteiger partial charge in [-0.1, -0.05) is 0 Å². The van der Waals surface area contributed by atoms with E-state index in [1.54, 1.807) is 0 Å². The molecule has 0 aliphatic carbocycles. The number of nitrogens with one attached hydrogen (secondary N) is 1. The SMILES string of the molecule is Cc1cc(OC[C@@H]2CN[C@@H](C)C2)cc(C)n1. The Morgan fingerprint density at radius 2 is 2.06 bits per heavy atom. The van der Waals surface area contributed by atoms with Gasteiger partial charge in [0.1, 0.15) is 5.75 Å². The molecule has 0 amide bonds. The summed E-state index contributed by atoms with van der Waals surface area (Å²) in [4.78, 5) is 4.33. The maximum atomic E-state index is 5.82. The zero-order chi connectivity index (χ0) is 11.5. The average Bonchev–Trinajstić information content (AvgIpc) is 2.60. The van der Waals surface area contributed by atoms with Crippen LogP contribution in [0.4, 0.5) is 0 Å². The average molecular weight is 220 g/mol. The minimum absolute atomic E-state index is 0.634. The molecule has 1 aliphatic heterocycles. The first-order valence-corrected chi connectivity index (χ1v) is 5.95. The van der Waals surface area contributed by atoms with Crippen LogP contribution in [0.5, 0.6) is 5.75 Å². The van der Waals surface area contributed by atoms with Crippen LogP contribution >= 0.6 is 0 Å². The van der Waals surface area contributed by atoms with Gasteiger partial charge in [0.05, 0.1) is 6.61 Å². The van der Waals surface area contributed by atoms with E-state index in [-0.39, 0.29) is 0 Å². The second-order valence-electron chi connectivity index (χ2n) is 4.81. The van der Waals surface area contributed by atoms with E-state index in [1.807, 2.05) is 26.0 Å². The summed E-state index contributed by atoms with van der Waals surface area (Å²) >= 11 is 0. The molecule has 0 unspecified atom stereocenters. The third-order valence-electron chi connectivity index (χ3n) is 2.98. The fourth-order valence-corrected chi connectivity index (χ4v) is 2.26.